The predicted molar refractivity (Wildman–Crippen MR) is 82.5 cm³/mol. The monoisotopic (exact) mass is 430 g/mol. The van der Waals surface area contributed by atoms with E-state index in [1.165, 1.54) is 51.8 Å². The Labute approximate surface area is 146 Å². The van der Waals surface area contributed by atoms with Crippen molar-refractivity contribution in [2.24, 2.45) is 0 Å². The summed E-state index contributed by atoms with van der Waals surface area (Å²) in [5, 5.41) is 0. The molecule has 0 aromatic rings. The average Bonchev–Trinajstić information content (AvgIpc) is 2.30. The van der Waals surface area contributed by atoms with Crippen molar-refractivity contribution >= 4 is 18.8 Å². The standard InChI is InChI=1S/3C4H9.C3H7O.2O.Sn.Ti/c3*1-3-4-2;1-3(2)4;;;;/h3*1,3-4H2,2H3;3H,1-2H3;;;;/q;;;-1;2*-2;+1;+4. The smallest absolute Gasteiger partial charge is 2.00 e. The Morgan fingerprint density at radius 1 is 0.750 bits per heavy atom. The van der Waals surface area contributed by atoms with E-state index in [2.05, 4.69) is 34.6 Å². The van der Waals surface area contributed by atoms with Crippen molar-refractivity contribution < 1.29 is 35.7 Å². The minimum Gasteiger partial charge on any atom is -2.00 e. The summed E-state index contributed by atoms with van der Waals surface area (Å²) in [4.78, 5) is 0. The molecule has 20 heavy (non-hydrogen) atoms. The maximum Gasteiger partial charge on any atom is 4.00 e. The Balaban J connectivity index is -0.000000427. The van der Waals surface area contributed by atoms with Crippen LogP contribution in [0.1, 0.15) is 73.1 Å². The zero-order valence-corrected chi connectivity index (χ0v) is 18.6. The molecule has 3 nitrogen and oxygen atoms in total. The van der Waals surface area contributed by atoms with E-state index < -0.39 is 18.8 Å². The van der Waals surface area contributed by atoms with Crippen molar-refractivity contribution in [2.45, 2.75) is 92.6 Å². The van der Waals surface area contributed by atoms with Crippen molar-refractivity contribution in [2.75, 3.05) is 0 Å². The summed E-state index contributed by atoms with van der Waals surface area (Å²) in [5.74, 6) is 0. The molecular weight excluding hydrogens is 395 g/mol. The van der Waals surface area contributed by atoms with Gasteiger partial charge in [0.05, 0.1) is 0 Å². The van der Waals surface area contributed by atoms with Crippen LogP contribution in [0.3, 0.4) is 0 Å². The molecule has 0 saturated carbocycles. The van der Waals surface area contributed by atoms with Gasteiger partial charge in [0.25, 0.3) is 0 Å². The third-order valence-electron chi connectivity index (χ3n) is 3.44. The third kappa shape index (κ3) is 14.3. The van der Waals surface area contributed by atoms with Gasteiger partial charge in [-0.15, -0.1) is 0 Å². The van der Waals surface area contributed by atoms with Gasteiger partial charge in [0.2, 0.25) is 0 Å². The van der Waals surface area contributed by atoms with Crippen molar-refractivity contribution in [1.29, 1.82) is 0 Å². The van der Waals surface area contributed by atoms with Gasteiger partial charge in [-0.3, -0.25) is 0 Å². The van der Waals surface area contributed by atoms with Gasteiger partial charge >= 0.3 is 136 Å². The van der Waals surface area contributed by atoms with Crippen LogP contribution in [0.2, 0.25) is 13.3 Å². The van der Waals surface area contributed by atoms with E-state index in [0.29, 0.717) is 6.10 Å². The van der Waals surface area contributed by atoms with E-state index in [9.17, 15) is 0 Å². The van der Waals surface area contributed by atoms with Gasteiger partial charge in [-0.25, -0.2) is 0 Å². The van der Waals surface area contributed by atoms with Gasteiger partial charge in [-0.05, 0) is 0 Å². The van der Waals surface area contributed by atoms with Crippen LogP contribution >= 0.6 is 0 Å². The van der Waals surface area contributed by atoms with E-state index in [0.717, 1.165) is 0 Å². The molecule has 0 heterocycles. The predicted octanol–water partition coefficient (Wildman–Crippen LogP) is 5.52. The van der Waals surface area contributed by atoms with Crippen molar-refractivity contribution in [3.05, 3.63) is 0 Å². The third-order valence-corrected chi connectivity index (χ3v) is 17.0. The fourth-order valence-electron chi connectivity index (χ4n) is 2.55. The molecule has 5 heteroatoms. The van der Waals surface area contributed by atoms with Crippen molar-refractivity contribution in [1.82, 2.24) is 0 Å². The molecule has 0 amide bonds. The number of hydrogen-bond acceptors (Lipinski definition) is 1. The second-order valence-corrected chi connectivity index (χ2v) is 17.4. The Hall–Kier alpha value is 1.39. The molecule has 0 radical (unpaired) electrons. The summed E-state index contributed by atoms with van der Waals surface area (Å²) >= 11 is -2.24. The zero-order chi connectivity index (χ0) is 13.1. The zero-order valence-electron chi connectivity index (χ0n) is 14.2. The molecule has 0 aliphatic carbocycles. The van der Waals surface area contributed by atoms with Gasteiger partial charge in [0.15, 0.2) is 0 Å². The van der Waals surface area contributed by atoms with Gasteiger partial charge in [-0.2, -0.15) is 0 Å². The fourth-order valence-corrected chi connectivity index (χ4v) is 17.1. The maximum absolute atomic E-state index is 6.55. The second-order valence-electron chi connectivity index (χ2n) is 5.66. The van der Waals surface area contributed by atoms with Gasteiger partial charge in [-0.1, -0.05) is 0 Å². The minimum absolute atomic E-state index is 0. The summed E-state index contributed by atoms with van der Waals surface area (Å²) in [5.41, 5.74) is 0. The Morgan fingerprint density at radius 2 is 1.05 bits per heavy atom. The summed E-state index contributed by atoms with van der Waals surface area (Å²) < 4.78 is 10.9. The van der Waals surface area contributed by atoms with Crippen LogP contribution < -0.4 is 0 Å². The molecular formula is C15H34O3SnTi. The van der Waals surface area contributed by atoms with E-state index in [4.69, 9.17) is 3.07 Å². The van der Waals surface area contributed by atoms with Crippen molar-refractivity contribution in [3.8, 4) is 0 Å². The van der Waals surface area contributed by atoms with Crippen LogP contribution in [0, 0.1) is 0 Å². The second kappa shape index (κ2) is 18.4. The molecule has 0 fully saturated rings. The van der Waals surface area contributed by atoms with E-state index in [1.807, 2.05) is 0 Å². The minimum atomic E-state index is -2.24. The molecule has 0 spiro atoms. The summed E-state index contributed by atoms with van der Waals surface area (Å²) in [6.45, 7) is 11.4. The molecule has 0 saturated heterocycles. The summed E-state index contributed by atoms with van der Waals surface area (Å²) in [7, 11) is 0. The summed E-state index contributed by atoms with van der Waals surface area (Å²) in [6, 6.07) is 0. The fraction of sp³-hybridized carbons (Fsp3) is 1.00. The van der Waals surface area contributed by atoms with Crippen LogP contribution in [-0.4, -0.2) is 24.9 Å². The molecule has 0 aromatic heterocycles. The Morgan fingerprint density at radius 3 is 1.25 bits per heavy atom. The molecule has 0 bridgehead atoms. The first-order valence-electron chi connectivity index (χ1n) is 7.78. The quantitative estimate of drug-likeness (QED) is 0.399. The van der Waals surface area contributed by atoms with Crippen LogP contribution in [0.15, 0.2) is 0 Å². The topological polar surface area (TPSA) is 66.2 Å². The van der Waals surface area contributed by atoms with Crippen LogP contribution in [-0.2, 0) is 35.7 Å². The molecule has 0 N–H and O–H groups in total. The van der Waals surface area contributed by atoms with Gasteiger partial charge < -0.3 is 11.0 Å². The summed E-state index contributed by atoms with van der Waals surface area (Å²) in [6.07, 6.45) is 8.65. The molecule has 120 valence electrons. The number of unbranched alkanes of at least 4 members (excludes halogenated alkanes) is 3. The van der Waals surface area contributed by atoms with E-state index in [-0.39, 0.29) is 32.7 Å². The van der Waals surface area contributed by atoms with Crippen LogP contribution in [0.25, 0.3) is 0 Å². The normalized spacial score (nSPS) is 10.5. The van der Waals surface area contributed by atoms with Gasteiger partial charge in [0.1, 0.15) is 0 Å². The molecule has 0 aliphatic rings. The number of rotatable bonds is 11. The first-order valence-corrected chi connectivity index (χ1v) is 15.0. The SMILES string of the molecule is CCC[CH2][Sn]([CH2]CCC)([CH2]CCC)[O]C(C)C.[O-2].[O-2].[Ti+4]. The molecule has 0 atom stereocenters. The first-order chi connectivity index (χ1) is 8.10. The molecule has 0 unspecified atom stereocenters. The van der Waals surface area contributed by atoms with Gasteiger partial charge in [0, 0.05) is 0 Å². The Kier molecular flexibility index (Phi) is 27.1. The van der Waals surface area contributed by atoms with E-state index in [1.54, 1.807) is 0 Å². The maximum atomic E-state index is 6.55. The van der Waals surface area contributed by atoms with Crippen LogP contribution in [0.5, 0.6) is 0 Å². The first kappa shape index (κ1) is 29.4. The molecule has 0 rings (SSSR count). The number of hydrogen-bond donors (Lipinski definition) is 0. The molecule has 0 aliphatic heterocycles. The Bertz CT molecular complexity index is 159. The van der Waals surface area contributed by atoms with E-state index >= 15 is 0 Å². The van der Waals surface area contributed by atoms with Crippen molar-refractivity contribution in [3.63, 3.8) is 0 Å². The molecule has 0 aromatic carbocycles. The largest absolute Gasteiger partial charge is 4.00 e. The van der Waals surface area contributed by atoms with Crippen LogP contribution in [0.4, 0.5) is 0 Å². The average molecular weight is 429 g/mol.